The van der Waals surface area contributed by atoms with Gasteiger partial charge in [0, 0.05) is 12.2 Å². The summed E-state index contributed by atoms with van der Waals surface area (Å²) in [5.41, 5.74) is -0.951. The molecule has 144 valence electrons. The molecule has 0 saturated heterocycles. The molecule has 0 aromatic heterocycles. The summed E-state index contributed by atoms with van der Waals surface area (Å²) >= 11 is 1.76. The molecule has 2 N–H and O–H groups in total. The van der Waals surface area contributed by atoms with Crippen molar-refractivity contribution in [3.05, 3.63) is 0 Å². The number of carbonyl (C=O) groups excluding carboxylic acids is 1. The van der Waals surface area contributed by atoms with E-state index in [9.17, 15) is 13.2 Å². The van der Waals surface area contributed by atoms with Crippen molar-refractivity contribution in [1.82, 2.24) is 5.32 Å². The predicted molar refractivity (Wildman–Crippen MR) is 103 cm³/mol. The van der Waals surface area contributed by atoms with Gasteiger partial charge in [-0.15, -0.1) is 0 Å². The molecule has 0 aliphatic carbocycles. The molecule has 7 heteroatoms. The molecule has 5 nitrogen and oxygen atoms in total. The molecule has 0 radical (unpaired) electrons. The first-order valence-electron chi connectivity index (χ1n) is 9.00. The minimum Gasteiger partial charge on any atom is -0.350 e. The van der Waals surface area contributed by atoms with Crippen LogP contribution in [0.3, 0.4) is 0 Å². The summed E-state index contributed by atoms with van der Waals surface area (Å²) < 4.78 is 30.6. The lowest BCUT2D eigenvalue weighted by Gasteiger charge is -2.24. The molecule has 0 bridgehead atoms. The molecule has 0 spiro atoms. The molecule has 0 rings (SSSR count). The highest BCUT2D eigenvalue weighted by atomic mass is 32.2. The lowest BCUT2D eigenvalue weighted by atomic mass is 10.1. The van der Waals surface area contributed by atoms with E-state index in [2.05, 4.69) is 12.2 Å². The third kappa shape index (κ3) is 16.6. The fraction of sp³-hybridized carbons (Fsp3) is 0.941. The van der Waals surface area contributed by atoms with Crippen molar-refractivity contribution in [2.24, 2.45) is 0 Å². The quantitative estimate of drug-likeness (QED) is 0.330. The highest BCUT2D eigenvalue weighted by Gasteiger charge is 2.26. The second-order valence-electron chi connectivity index (χ2n) is 7.00. The van der Waals surface area contributed by atoms with Crippen molar-refractivity contribution in [2.75, 3.05) is 17.3 Å². The normalized spacial score (nSPS) is 12.3. The van der Waals surface area contributed by atoms with Crippen LogP contribution < -0.4 is 5.32 Å². The molecule has 0 unspecified atom stereocenters. The molecule has 0 saturated carbocycles. The maximum absolute atomic E-state index is 11.8. The molecule has 0 aliphatic rings. The largest absolute Gasteiger partial charge is 0.350 e. The molecule has 1 amide bonds. The first-order chi connectivity index (χ1) is 11.2. The third-order valence-corrected chi connectivity index (χ3v) is 5.79. The Hall–Kier alpha value is -0.270. The number of hydrogen-bond acceptors (Lipinski definition) is 4. The number of carbonyl (C=O) groups is 1. The maximum atomic E-state index is 11.8. The Kier molecular flexibility index (Phi) is 12.9. The summed E-state index contributed by atoms with van der Waals surface area (Å²) in [6, 6.07) is 0. The summed E-state index contributed by atoms with van der Waals surface area (Å²) in [5, 5.41) is 2.66. The molecule has 24 heavy (non-hydrogen) atoms. The van der Waals surface area contributed by atoms with Gasteiger partial charge in [-0.05, 0) is 26.0 Å². The number of amides is 1. The van der Waals surface area contributed by atoms with Crippen LogP contribution in [0, 0.1) is 0 Å². The average Bonchev–Trinajstić information content (AvgIpc) is 2.41. The van der Waals surface area contributed by atoms with Gasteiger partial charge in [-0.3, -0.25) is 9.35 Å². The lowest BCUT2D eigenvalue weighted by Crippen LogP contribution is -2.48. The zero-order valence-corrected chi connectivity index (χ0v) is 17.1. The van der Waals surface area contributed by atoms with Crippen molar-refractivity contribution >= 4 is 27.8 Å². The SMILES string of the molecule is CCCCCCCCCCSCCC(=O)NC(C)(C)CS(=O)(=O)O. The number of nitrogens with one attached hydrogen (secondary N) is 1. The van der Waals surface area contributed by atoms with Crippen molar-refractivity contribution in [3.63, 3.8) is 0 Å². The molecule has 0 fully saturated rings. The fourth-order valence-corrected chi connectivity index (χ4v) is 4.46. The first kappa shape index (κ1) is 23.7. The number of rotatable bonds is 15. The zero-order valence-electron chi connectivity index (χ0n) is 15.5. The maximum Gasteiger partial charge on any atom is 0.267 e. The molecule has 0 atom stereocenters. The van der Waals surface area contributed by atoms with Gasteiger partial charge in [-0.1, -0.05) is 51.9 Å². The van der Waals surface area contributed by atoms with Crippen LogP contribution in [-0.4, -0.2) is 41.7 Å². The predicted octanol–water partition coefficient (Wildman–Crippen LogP) is 4.03. The molecular weight excluding hydrogens is 346 g/mol. The van der Waals surface area contributed by atoms with E-state index in [4.69, 9.17) is 4.55 Å². The summed E-state index contributed by atoms with van der Waals surface area (Å²) in [6.07, 6.45) is 10.8. The summed E-state index contributed by atoms with van der Waals surface area (Å²) in [5.74, 6) is 1.16. The van der Waals surface area contributed by atoms with Crippen LogP contribution >= 0.6 is 11.8 Å². The van der Waals surface area contributed by atoms with Crippen LogP contribution in [0.4, 0.5) is 0 Å². The standard InChI is InChI=1S/C17H35NO4S2/c1-4-5-6-7-8-9-10-11-13-23-14-12-16(19)18-17(2,3)15-24(20,21)22/h4-15H2,1-3H3,(H,18,19)(H,20,21,22). The molecule has 0 heterocycles. The van der Waals surface area contributed by atoms with Crippen LogP contribution in [0.5, 0.6) is 0 Å². The van der Waals surface area contributed by atoms with Crippen LogP contribution in [0.15, 0.2) is 0 Å². The van der Waals surface area contributed by atoms with Gasteiger partial charge in [0.25, 0.3) is 10.1 Å². The first-order valence-corrected chi connectivity index (χ1v) is 11.8. The van der Waals surface area contributed by atoms with E-state index in [1.54, 1.807) is 25.6 Å². The Labute approximate surface area is 152 Å². The average molecular weight is 382 g/mol. The van der Waals surface area contributed by atoms with Gasteiger partial charge in [-0.2, -0.15) is 20.2 Å². The Bertz CT molecular complexity index is 436. The molecule has 0 aromatic carbocycles. The van der Waals surface area contributed by atoms with Crippen molar-refractivity contribution in [3.8, 4) is 0 Å². The van der Waals surface area contributed by atoms with Crippen LogP contribution in [0.2, 0.25) is 0 Å². The van der Waals surface area contributed by atoms with Crippen LogP contribution in [0.25, 0.3) is 0 Å². The van der Waals surface area contributed by atoms with Gasteiger partial charge in [0.1, 0.15) is 0 Å². The van der Waals surface area contributed by atoms with Gasteiger partial charge in [-0.25, -0.2) is 0 Å². The summed E-state index contributed by atoms with van der Waals surface area (Å²) in [4.78, 5) is 11.8. The second-order valence-corrected chi connectivity index (χ2v) is 9.67. The number of hydrogen-bond donors (Lipinski definition) is 2. The Balaban J connectivity index is 3.56. The van der Waals surface area contributed by atoms with E-state index in [0.29, 0.717) is 6.42 Å². The molecule has 0 aliphatic heterocycles. The van der Waals surface area contributed by atoms with E-state index in [1.165, 1.54) is 51.4 Å². The topological polar surface area (TPSA) is 83.5 Å². The highest BCUT2D eigenvalue weighted by molar-refractivity contribution is 7.99. The minimum absolute atomic E-state index is 0.174. The fourth-order valence-electron chi connectivity index (χ4n) is 2.54. The molecule has 0 aromatic rings. The minimum atomic E-state index is -4.09. The van der Waals surface area contributed by atoms with Gasteiger partial charge in [0.15, 0.2) is 0 Å². The van der Waals surface area contributed by atoms with Crippen LogP contribution in [0.1, 0.15) is 78.6 Å². The Morgan fingerprint density at radius 2 is 1.54 bits per heavy atom. The Morgan fingerprint density at radius 3 is 2.08 bits per heavy atom. The summed E-state index contributed by atoms with van der Waals surface area (Å²) in [6.45, 7) is 5.41. The lowest BCUT2D eigenvalue weighted by molar-refractivity contribution is -0.122. The number of thioether (sulfide) groups is 1. The number of unbranched alkanes of at least 4 members (excludes halogenated alkanes) is 7. The Morgan fingerprint density at radius 1 is 1.00 bits per heavy atom. The van der Waals surface area contributed by atoms with Gasteiger partial charge in [0.05, 0.1) is 11.3 Å². The van der Waals surface area contributed by atoms with E-state index < -0.39 is 21.4 Å². The smallest absolute Gasteiger partial charge is 0.267 e. The van der Waals surface area contributed by atoms with Gasteiger partial charge in [0.2, 0.25) is 5.91 Å². The monoisotopic (exact) mass is 381 g/mol. The highest BCUT2D eigenvalue weighted by Crippen LogP contribution is 2.12. The van der Waals surface area contributed by atoms with Crippen molar-refractivity contribution in [2.45, 2.75) is 84.1 Å². The van der Waals surface area contributed by atoms with Gasteiger partial charge < -0.3 is 5.32 Å². The third-order valence-electron chi connectivity index (χ3n) is 3.64. The molecular formula is C17H35NO4S2. The summed E-state index contributed by atoms with van der Waals surface area (Å²) in [7, 11) is -4.09. The van der Waals surface area contributed by atoms with Gasteiger partial charge >= 0.3 is 0 Å². The second kappa shape index (κ2) is 13.0. The zero-order chi connectivity index (χ0) is 18.5. The van der Waals surface area contributed by atoms with E-state index in [0.717, 1.165) is 11.5 Å². The van der Waals surface area contributed by atoms with E-state index in [-0.39, 0.29) is 5.91 Å². The van der Waals surface area contributed by atoms with Crippen LogP contribution in [-0.2, 0) is 14.9 Å². The van der Waals surface area contributed by atoms with E-state index in [1.807, 2.05) is 0 Å². The van der Waals surface area contributed by atoms with E-state index >= 15 is 0 Å². The van der Waals surface area contributed by atoms with Crippen molar-refractivity contribution < 1.29 is 17.8 Å². The van der Waals surface area contributed by atoms with Crippen molar-refractivity contribution in [1.29, 1.82) is 0 Å².